The van der Waals surface area contributed by atoms with E-state index in [1.807, 2.05) is 60.7 Å². The zero-order chi connectivity index (χ0) is 15.7. The maximum atomic E-state index is 12.8. The van der Waals surface area contributed by atoms with Gasteiger partial charge >= 0.3 is 5.97 Å². The number of carbonyl (C=O) groups excluding carboxylic acids is 1. The first-order valence-corrected chi connectivity index (χ1v) is 8.05. The van der Waals surface area contributed by atoms with Crippen LogP contribution in [0.25, 0.3) is 11.3 Å². The van der Waals surface area contributed by atoms with E-state index in [2.05, 4.69) is 0 Å². The molecule has 23 heavy (non-hydrogen) atoms. The SMILES string of the molecule is O=C1OC2(CCCC2)OC(c2ccccc2)=C1c1ccccc1. The lowest BCUT2D eigenvalue weighted by Gasteiger charge is -2.36. The Bertz CT molecular complexity index is 741. The van der Waals surface area contributed by atoms with E-state index in [9.17, 15) is 4.79 Å². The molecule has 1 saturated carbocycles. The molecule has 1 fully saturated rings. The molecule has 0 bridgehead atoms. The quantitative estimate of drug-likeness (QED) is 0.772. The van der Waals surface area contributed by atoms with Gasteiger partial charge in [0.1, 0.15) is 11.3 Å². The Kier molecular flexibility index (Phi) is 3.41. The van der Waals surface area contributed by atoms with E-state index in [-0.39, 0.29) is 5.97 Å². The van der Waals surface area contributed by atoms with Gasteiger partial charge in [0.2, 0.25) is 0 Å². The summed E-state index contributed by atoms with van der Waals surface area (Å²) in [7, 11) is 0. The molecule has 0 atom stereocenters. The van der Waals surface area contributed by atoms with Gasteiger partial charge in [-0.25, -0.2) is 4.79 Å². The maximum absolute atomic E-state index is 12.8. The van der Waals surface area contributed by atoms with Crippen LogP contribution in [0.4, 0.5) is 0 Å². The predicted molar refractivity (Wildman–Crippen MR) is 88.1 cm³/mol. The number of hydrogen-bond acceptors (Lipinski definition) is 3. The first-order chi connectivity index (χ1) is 11.3. The molecule has 1 heterocycles. The number of esters is 1. The Hall–Kier alpha value is -2.55. The molecule has 3 nitrogen and oxygen atoms in total. The minimum atomic E-state index is -0.777. The van der Waals surface area contributed by atoms with E-state index in [4.69, 9.17) is 9.47 Å². The molecule has 0 aromatic heterocycles. The third-order valence-corrected chi connectivity index (χ3v) is 4.46. The van der Waals surface area contributed by atoms with Crippen LogP contribution in [0.3, 0.4) is 0 Å². The zero-order valence-corrected chi connectivity index (χ0v) is 12.8. The van der Waals surface area contributed by atoms with Gasteiger partial charge in [0.25, 0.3) is 5.79 Å². The average Bonchev–Trinajstić information content (AvgIpc) is 3.03. The van der Waals surface area contributed by atoms with Gasteiger partial charge < -0.3 is 9.47 Å². The van der Waals surface area contributed by atoms with Crippen LogP contribution in [0, 0.1) is 0 Å². The normalized spacial score (nSPS) is 19.6. The first kappa shape index (κ1) is 14.1. The van der Waals surface area contributed by atoms with Gasteiger partial charge in [0, 0.05) is 18.4 Å². The van der Waals surface area contributed by atoms with Crippen molar-refractivity contribution in [1.82, 2.24) is 0 Å². The van der Waals surface area contributed by atoms with Crippen LogP contribution < -0.4 is 0 Å². The Balaban J connectivity index is 1.88. The molecule has 2 aromatic carbocycles. The fourth-order valence-electron chi connectivity index (χ4n) is 3.33. The van der Waals surface area contributed by atoms with E-state index >= 15 is 0 Å². The topological polar surface area (TPSA) is 35.5 Å². The molecular formula is C20H18O3. The van der Waals surface area contributed by atoms with Crippen LogP contribution in [-0.2, 0) is 14.3 Å². The summed E-state index contributed by atoms with van der Waals surface area (Å²) < 4.78 is 12.0. The molecule has 0 saturated heterocycles. The maximum Gasteiger partial charge on any atom is 0.345 e. The minimum absolute atomic E-state index is 0.289. The summed E-state index contributed by atoms with van der Waals surface area (Å²) in [5, 5.41) is 0. The van der Waals surface area contributed by atoms with E-state index in [0.717, 1.165) is 36.8 Å². The average molecular weight is 306 g/mol. The van der Waals surface area contributed by atoms with Crippen molar-refractivity contribution in [2.24, 2.45) is 0 Å². The molecule has 1 aliphatic heterocycles. The third kappa shape index (κ3) is 2.52. The number of benzene rings is 2. The van der Waals surface area contributed by atoms with Crippen molar-refractivity contribution in [3.05, 3.63) is 71.8 Å². The monoisotopic (exact) mass is 306 g/mol. The van der Waals surface area contributed by atoms with E-state index in [1.165, 1.54) is 0 Å². The highest BCUT2D eigenvalue weighted by Crippen LogP contribution is 2.45. The van der Waals surface area contributed by atoms with E-state index < -0.39 is 5.79 Å². The van der Waals surface area contributed by atoms with Gasteiger partial charge in [-0.05, 0) is 18.4 Å². The molecule has 3 heteroatoms. The van der Waals surface area contributed by atoms with Gasteiger partial charge in [-0.1, -0.05) is 60.7 Å². The van der Waals surface area contributed by atoms with E-state index in [1.54, 1.807) is 0 Å². The molecule has 0 N–H and O–H groups in total. The largest absolute Gasteiger partial charge is 0.451 e. The summed E-state index contributed by atoms with van der Waals surface area (Å²) in [4.78, 5) is 12.8. The first-order valence-electron chi connectivity index (χ1n) is 8.05. The summed E-state index contributed by atoms with van der Waals surface area (Å²) in [6.07, 6.45) is 3.57. The molecule has 0 unspecified atom stereocenters. The van der Waals surface area contributed by atoms with Crippen LogP contribution in [-0.4, -0.2) is 11.8 Å². The smallest absolute Gasteiger partial charge is 0.345 e. The predicted octanol–water partition coefficient (Wildman–Crippen LogP) is 4.40. The van der Waals surface area contributed by atoms with Crippen LogP contribution in [0.15, 0.2) is 60.7 Å². The summed E-state index contributed by atoms with van der Waals surface area (Å²) in [6.45, 7) is 0. The lowest BCUT2D eigenvalue weighted by Crippen LogP contribution is -2.39. The lowest BCUT2D eigenvalue weighted by molar-refractivity contribution is -0.203. The van der Waals surface area contributed by atoms with Crippen molar-refractivity contribution in [3.63, 3.8) is 0 Å². The van der Waals surface area contributed by atoms with Crippen molar-refractivity contribution in [3.8, 4) is 0 Å². The van der Waals surface area contributed by atoms with Crippen LogP contribution in [0.5, 0.6) is 0 Å². The van der Waals surface area contributed by atoms with Gasteiger partial charge in [-0.2, -0.15) is 0 Å². The van der Waals surface area contributed by atoms with Crippen molar-refractivity contribution >= 4 is 17.3 Å². The fraction of sp³-hybridized carbons (Fsp3) is 0.250. The summed E-state index contributed by atoms with van der Waals surface area (Å²) in [6, 6.07) is 19.4. The summed E-state index contributed by atoms with van der Waals surface area (Å²) >= 11 is 0. The number of hydrogen-bond donors (Lipinski definition) is 0. The zero-order valence-electron chi connectivity index (χ0n) is 12.8. The second-order valence-electron chi connectivity index (χ2n) is 6.05. The molecule has 0 radical (unpaired) electrons. The molecule has 0 amide bonds. The molecule has 116 valence electrons. The van der Waals surface area contributed by atoms with Gasteiger partial charge in [-0.15, -0.1) is 0 Å². The molecule has 1 spiro atoms. The number of carbonyl (C=O) groups is 1. The molecule has 2 aromatic rings. The Morgan fingerprint density at radius 2 is 1.30 bits per heavy atom. The highest BCUT2D eigenvalue weighted by Gasteiger charge is 2.46. The number of rotatable bonds is 2. The molecule has 4 rings (SSSR count). The van der Waals surface area contributed by atoms with E-state index in [0.29, 0.717) is 11.3 Å². The second-order valence-corrected chi connectivity index (χ2v) is 6.05. The highest BCUT2D eigenvalue weighted by molar-refractivity contribution is 6.24. The fourth-order valence-corrected chi connectivity index (χ4v) is 3.33. The molecule has 2 aliphatic rings. The Morgan fingerprint density at radius 1 is 0.739 bits per heavy atom. The van der Waals surface area contributed by atoms with Crippen molar-refractivity contribution in [1.29, 1.82) is 0 Å². The van der Waals surface area contributed by atoms with Gasteiger partial charge in [-0.3, -0.25) is 0 Å². The highest BCUT2D eigenvalue weighted by atomic mass is 16.7. The summed E-state index contributed by atoms with van der Waals surface area (Å²) in [5.41, 5.74) is 2.24. The van der Waals surface area contributed by atoms with Crippen LogP contribution in [0.1, 0.15) is 36.8 Å². The van der Waals surface area contributed by atoms with Crippen molar-refractivity contribution < 1.29 is 14.3 Å². The van der Waals surface area contributed by atoms with Crippen molar-refractivity contribution in [2.45, 2.75) is 31.5 Å². The Labute approximate surface area is 135 Å². The van der Waals surface area contributed by atoms with Crippen LogP contribution >= 0.6 is 0 Å². The molecular weight excluding hydrogens is 288 g/mol. The second kappa shape index (κ2) is 5.58. The minimum Gasteiger partial charge on any atom is -0.451 e. The molecule has 1 aliphatic carbocycles. The summed E-state index contributed by atoms with van der Waals surface area (Å²) in [5.74, 6) is -0.432. The standard InChI is InChI=1S/C20H18O3/c21-19-17(15-9-3-1-4-10-15)18(16-11-5-2-6-12-16)22-20(23-19)13-7-8-14-20/h1-6,9-12H,7-8,13-14H2. The number of ether oxygens (including phenoxy) is 2. The lowest BCUT2D eigenvalue weighted by atomic mass is 9.99. The van der Waals surface area contributed by atoms with Gasteiger partial charge in [0.05, 0.1) is 0 Å². The van der Waals surface area contributed by atoms with Crippen molar-refractivity contribution in [2.75, 3.05) is 0 Å². The Morgan fingerprint density at radius 3 is 1.91 bits per heavy atom. The third-order valence-electron chi connectivity index (χ3n) is 4.46. The van der Waals surface area contributed by atoms with Crippen LogP contribution in [0.2, 0.25) is 0 Å². The van der Waals surface area contributed by atoms with Gasteiger partial charge in [0.15, 0.2) is 0 Å².